The fourth-order valence-electron chi connectivity index (χ4n) is 4.05. The molecular weight excluding hydrogens is 326 g/mol. The summed E-state index contributed by atoms with van der Waals surface area (Å²) < 4.78 is 31.0. The molecule has 1 aromatic rings. The van der Waals surface area contributed by atoms with Gasteiger partial charge in [-0.25, -0.2) is 18.6 Å². The molecular formula is C19H26F2N2O2. The molecule has 1 saturated heterocycles. The molecule has 138 valence electrons. The summed E-state index contributed by atoms with van der Waals surface area (Å²) in [4.78, 5) is 18.7. The fraction of sp³-hybridized carbons (Fsp3) is 0.684. The van der Waals surface area contributed by atoms with E-state index in [9.17, 15) is 13.6 Å². The lowest BCUT2D eigenvalue weighted by atomic mass is 9.90. The van der Waals surface area contributed by atoms with E-state index in [-0.39, 0.29) is 5.41 Å². The van der Waals surface area contributed by atoms with Crippen molar-refractivity contribution < 1.29 is 18.3 Å². The first-order valence-electron chi connectivity index (χ1n) is 8.94. The molecule has 25 heavy (non-hydrogen) atoms. The second-order valence-electron chi connectivity index (χ2n) is 7.84. The average molecular weight is 352 g/mol. The topological polar surface area (TPSA) is 42.4 Å². The van der Waals surface area contributed by atoms with Crippen LogP contribution in [0, 0.1) is 5.92 Å². The highest BCUT2D eigenvalue weighted by atomic mass is 19.3. The maximum Gasteiger partial charge on any atom is 0.356 e. The quantitative estimate of drug-likeness (QED) is 0.777. The van der Waals surface area contributed by atoms with Gasteiger partial charge >= 0.3 is 5.97 Å². The number of aromatic nitrogens is 1. The minimum atomic E-state index is -2.27. The van der Waals surface area contributed by atoms with Gasteiger partial charge < -0.3 is 4.74 Å². The van der Waals surface area contributed by atoms with Gasteiger partial charge in [0.1, 0.15) is 5.69 Å². The van der Waals surface area contributed by atoms with Crippen LogP contribution in [0.15, 0.2) is 6.07 Å². The van der Waals surface area contributed by atoms with Gasteiger partial charge in [0, 0.05) is 24.4 Å². The molecule has 4 nitrogen and oxygen atoms in total. The van der Waals surface area contributed by atoms with Crippen molar-refractivity contribution >= 4 is 5.97 Å². The van der Waals surface area contributed by atoms with E-state index in [1.54, 1.807) is 6.07 Å². The lowest BCUT2D eigenvalue weighted by molar-refractivity contribution is 0.0253. The van der Waals surface area contributed by atoms with Crippen molar-refractivity contribution in [2.75, 3.05) is 20.2 Å². The Morgan fingerprint density at radius 1 is 1.48 bits per heavy atom. The minimum absolute atomic E-state index is 0.0818. The normalized spacial score (nSPS) is 22.9. The monoisotopic (exact) mass is 352 g/mol. The molecule has 0 amide bonds. The predicted octanol–water partition coefficient (Wildman–Crippen LogP) is 3.57. The van der Waals surface area contributed by atoms with E-state index in [1.165, 1.54) is 12.7 Å². The second-order valence-corrected chi connectivity index (χ2v) is 7.84. The van der Waals surface area contributed by atoms with Crippen molar-refractivity contribution in [3.8, 4) is 0 Å². The van der Waals surface area contributed by atoms with Gasteiger partial charge in [-0.15, -0.1) is 0 Å². The Labute approximate surface area is 147 Å². The number of hydrogen-bond acceptors (Lipinski definition) is 4. The standard InChI is InChI=1S/C19H26F2N2O2/c1-19(2)7-6-14-13(9-15(18(24)25-3)22-16(14)19)11-23-8-4-5-12(10-23)17(20)21/h9,12,17H,4-8,10-11H2,1-3H3. The Bertz CT molecular complexity index is 661. The minimum Gasteiger partial charge on any atom is -0.464 e. The number of carbonyl (C=O) groups excluding carboxylic acids is 1. The first kappa shape index (κ1) is 18.2. The Balaban J connectivity index is 1.90. The number of alkyl halides is 2. The van der Waals surface area contributed by atoms with Gasteiger partial charge in [-0.2, -0.15) is 0 Å². The summed E-state index contributed by atoms with van der Waals surface area (Å²) in [7, 11) is 1.35. The van der Waals surface area contributed by atoms with Crippen LogP contribution in [0.3, 0.4) is 0 Å². The van der Waals surface area contributed by atoms with E-state index in [0.717, 1.165) is 37.1 Å². The number of hydrogen-bond donors (Lipinski definition) is 0. The number of piperidine rings is 1. The Morgan fingerprint density at radius 3 is 2.92 bits per heavy atom. The smallest absolute Gasteiger partial charge is 0.356 e. The third-order valence-electron chi connectivity index (χ3n) is 5.54. The first-order chi connectivity index (χ1) is 11.8. The zero-order valence-corrected chi connectivity index (χ0v) is 15.1. The summed E-state index contributed by atoms with van der Waals surface area (Å²) in [5.41, 5.74) is 3.39. The van der Waals surface area contributed by atoms with E-state index >= 15 is 0 Å². The second kappa shape index (κ2) is 6.98. The van der Waals surface area contributed by atoms with Crippen LogP contribution < -0.4 is 0 Å². The molecule has 1 aromatic heterocycles. The zero-order valence-electron chi connectivity index (χ0n) is 15.1. The van der Waals surface area contributed by atoms with Gasteiger partial charge in [0.05, 0.1) is 12.8 Å². The van der Waals surface area contributed by atoms with Crippen LogP contribution in [-0.2, 0) is 23.1 Å². The highest BCUT2D eigenvalue weighted by Gasteiger charge is 2.35. The number of pyridine rings is 1. The molecule has 0 spiro atoms. The molecule has 0 saturated carbocycles. The molecule has 1 atom stereocenters. The molecule has 1 fully saturated rings. The third-order valence-corrected chi connectivity index (χ3v) is 5.54. The molecule has 0 radical (unpaired) electrons. The van der Waals surface area contributed by atoms with Crippen molar-refractivity contribution in [3.05, 3.63) is 28.6 Å². The number of methoxy groups -OCH3 is 1. The summed E-state index contributed by atoms with van der Waals surface area (Å²) in [6.07, 6.45) is 1.00. The zero-order chi connectivity index (χ0) is 18.2. The van der Waals surface area contributed by atoms with E-state index in [0.29, 0.717) is 25.2 Å². The number of nitrogens with zero attached hydrogens (tertiary/aromatic N) is 2. The molecule has 1 aliphatic carbocycles. The summed E-state index contributed by atoms with van der Waals surface area (Å²) in [5.74, 6) is -1.00. The lowest BCUT2D eigenvalue weighted by Crippen LogP contribution is -2.38. The number of rotatable bonds is 4. The molecule has 1 aliphatic heterocycles. The van der Waals surface area contributed by atoms with Gasteiger partial charge in [0.2, 0.25) is 6.43 Å². The van der Waals surface area contributed by atoms with Crippen molar-refractivity contribution in [2.45, 2.75) is 57.9 Å². The van der Waals surface area contributed by atoms with Gasteiger partial charge in [-0.1, -0.05) is 13.8 Å². The predicted molar refractivity (Wildman–Crippen MR) is 90.9 cm³/mol. The molecule has 0 N–H and O–H groups in total. The average Bonchev–Trinajstić information content (AvgIpc) is 2.90. The number of likely N-dealkylation sites (tertiary alicyclic amines) is 1. The molecule has 2 heterocycles. The SMILES string of the molecule is COC(=O)c1cc(CN2CCCC(C(F)F)C2)c2c(n1)C(C)(C)CC2. The largest absolute Gasteiger partial charge is 0.464 e. The van der Waals surface area contributed by atoms with Crippen LogP contribution in [0.25, 0.3) is 0 Å². The van der Waals surface area contributed by atoms with E-state index in [1.807, 2.05) is 0 Å². The Kier molecular flexibility index (Phi) is 5.09. The van der Waals surface area contributed by atoms with Gasteiger partial charge in [-0.05, 0) is 49.4 Å². The molecule has 6 heteroatoms. The maximum absolute atomic E-state index is 13.1. The molecule has 0 aromatic carbocycles. The van der Waals surface area contributed by atoms with Crippen molar-refractivity contribution in [2.24, 2.45) is 5.92 Å². The van der Waals surface area contributed by atoms with Crippen molar-refractivity contribution in [1.29, 1.82) is 0 Å². The fourth-order valence-corrected chi connectivity index (χ4v) is 4.05. The van der Waals surface area contributed by atoms with Crippen LogP contribution in [0.1, 0.15) is 60.4 Å². The molecule has 2 aliphatic rings. The molecule has 0 bridgehead atoms. The van der Waals surface area contributed by atoms with Gasteiger partial charge in [0.15, 0.2) is 0 Å². The maximum atomic E-state index is 13.1. The van der Waals surface area contributed by atoms with E-state index < -0.39 is 18.3 Å². The van der Waals surface area contributed by atoms with Crippen molar-refractivity contribution in [1.82, 2.24) is 9.88 Å². The third kappa shape index (κ3) is 3.68. The first-order valence-corrected chi connectivity index (χ1v) is 8.94. The summed E-state index contributed by atoms with van der Waals surface area (Å²) in [5, 5.41) is 0. The Morgan fingerprint density at radius 2 is 2.24 bits per heavy atom. The van der Waals surface area contributed by atoms with Crippen LogP contribution in [0.2, 0.25) is 0 Å². The highest BCUT2D eigenvalue weighted by Crippen LogP contribution is 2.39. The van der Waals surface area contributed by atoms with E-state index in [2.05, 4.69) is 23.7 Å². The van der Waals surface area contributed by atoms with Crippen molar-refractivity contribution in [3.63, 3.8) is 0 Å². The highest BCUT2D eigenvalue weighted by molar-refractivity contribution is 5.87. The van der Waals surface area contributed by atoms with Gasteiger partial charge in [-0.3, -0.25) is 4.90 Å². The van der Waals surface area contributed by atoms with Gasteiger partial charge in [0.25, 0.3) is 0 Å². The molecule has 1 unspecified atom stereocenters. The number of carbonyl (C=O) groups is 1. The number of halogens is 2. The summed E-state index contributed by atoms with van der Waals surface area (Å²) >= 11 is 0. The summed E-state index contributed by atoms with van der Waals surface area (Å²) in [6.45, 7) is 6.08. The summed E-state index contributed by atoms with van der Waals surface area (Å²) in [6, 6.07) is 1.79. The van der Waals surface area contributed by atoms with E-state index in [4.69, 9.17) is 4.74 Å². The van der Waals surface area contributed by atoms with Crippen LogP contribution in [0.5, 0.6) is 0 Å². The van der Waals surface area contributed by atoms with Crippen LogP contribution >= 0.6 is 0 Å². The van der Waals surface area contributed by atoms with Crippen LogP contribution in [0.4, 0.5) is 8.78 Å². The lowest BCUT2D eigenvalue weighted by Gasteiger charge is -2.32. The van der Waals surface area contributed by atoms with Crippen LogP contribution in [-0.4, -0.2) is 42.5 Å². The number of ether oxygens (including phenoxy) is 1. The molecule has 3 rings (SSSR count). The Hall–Kier alpha value is -1.56. The number of esters is 1. The number of fused-ring (bicyclic) bond motifs is 1.